The second-order valence-corrected chi connectivity index (χ2v) is 2.61. The molecule has 0 aromatic carbocycles. The molecule has 0 aliphatic heterocycles. The Bertz CT molecular complexity index is 140. The van der Waals surface area contributed by atoms with Crippen molar-refractivity contribution in [1.29, 1.82) is 0 Å². The van der Waals surface area contributed by atoms with Crippen LogP contribution in [0.4, 0.5) is 4.39 Å². The van der Waals surface area contributed by atoms with Crippen LogP contribution in [0.1, 0.15) is 26.2 Å². The number of hydrogen-bond donors (Lipinski definition) is 2. The first-order chi connectivity index (χ1) is 5.06. The summed E-state index contributed by atoms with van der Waals surface area (Å²) in [5, 5.41) is 8.61. The van der Waals surface area contributed by atoms with Gasteiger partial charge in [0.05, 0.1) is 6.67 Å². The van der Waals surface area contributed by atoms with Gasteiger partial charge in [-0.15, -0.1) is 0 Å². The maximum Gasteiger partial charge on any atom is 0.323 e. The third-order valence-corrected chi connectivity index (χ3v) is 1.81. The van der Waals surface area contributed by atoms with Crippen LogP contribution in [-0.4, -0.2) is 23.3 Å². The zero-order valence-electron chi connectivity index (χ0n) is 6.64. The Morgan fingerprint density at radius 1 is 1.73 bits per heavy atom. The van der Waals surface area contributed by atoms with E-state index in [-0.39, 0.29) is 12.8 Å². The van der Waals surface area contributed by atoms with Crippen LogP contribution >= 0.6 is 0 Å². The van der Waals surface area contributed by atoms with E-state index in [1.807, 2.05) is 0 Å². The van der Waals surface area contributed by atoms with E-state index < -0.39 is 18.2 Å². The standard InChI is InChI=1S/C7H14FNO2/c1-2-7(9,6(10)11)4-3-5-8/h2-5,9H2,1H3,(H,10,11)/t7-/m1/s1. The van der Waals surface area contributed by atoms with E-state index in [2.05, 4.69) is 0 Å². The molecule has 1 atom stereocenters. The molecule has 0 saturated carbocycles. The van der Waals surface area contributed by atoms with Crippen LogP contribution in [0.25, 0.3) is 0 Å². The fourth-order valence-electron chi connectivity index (χ4n) is 0.817. The van der Waals surface area contributed by atoms with Crippen LogP contribution in [0.5, 0.6) is 0 Å². The average molecular weight is 163 g/mol. The van der Waals surface area contributed by atoms with Crippen LogP contribution in [0.15, 0.2) is 0 Å². The Kier molecular flexibility index (Phi) is 4.03. The van der Waals surface area contributed by atoms with Gasteiger partial charge in [0.15, 0.2) is 0 Å². The lowest BCUT2D eigenvalue weighted by Gasteiger charge is -2.21. The molecule has 3 N–H and O–H groups in total. The van der Waals surface area contributed by atoms with Crippen LogP contribution in [0.2, 0.25) is 0 Å². The van der Waals surface area contributed by atoms with Gasteiger partial charge in [0.25, 0.3) is 0 Å². The SMILES string of the molecule is CC[C@@](N)(CCCF)C(=O)O. The van der Waals surface area contributed by atoms with E-state index in [0.717, 1.165) is 0 Å². The molecule has 0 aliphatic rings. The van der Waals surface area contributed by atoms with Gasteiger partial charge < -0.3 is 10.8 Å². The van der Waals surface area contributed by atoms with Crippen LogP contribution < -0.4 is 5.73 Å². The highest BCUT2D eigenvalue weighted by molar-refractivity contribution is 5.78. The molecule has 0 aromatic rings. The normalized spacial score (nSPS) is 15.9. The first-order valence-corrected chi connectivity index (χ1v) is 3.65. The summed E-state index contributed by atoms with van der Waals surface area (Å²) in [6, 6.07) is 0. The molecule has 0 fully saturated rings. The zero-order valence-corrected chi connectivity index (χ0v) is 6.64. The van der Waals surface area contributed by atoms with E-state index in [9.17, 15) is 9.18 Å². The Balaban J connectivity index is 3.99. The third kappa shape index (κ3) is 2.84. The molecule has 4 heteroatoms. The molecule has 0 unspecified atom stereocenters. The summed E-state index contributed by atoms with van der Waals surface area (Å²) in [7, 11) is 0. The Labute approximate surface area is 65.4 Å². The topological polar surface area (TPSA) is 63.3 Å². The van der Waals surface area contributed by atoms with Gasteiger partial charge >= 0.3 is 5.97 Å². The molecule has 0 aromatic heterocycles. The van der Waals surface area contributed by atoms with E-state index in [0.29, 0.717) is 6.42 Å². The number of hydrogen-bond acceptors (Lipinski definition) is 2. The van der Waals surface area contributed by atoms with Crippen molar-refractivity contribution in [2.45, 2.75) is 31.7 Å². The van der Waals surface area contributed by atoms with Crippen LogP contribution in [0.3, 0.4) is 0 Å². The lowest BCUT2D eigenvalue weighted by atomic mass is 9.92. The second kappa shape index (κ2) is 4.28. The van der Waals surface area contributed by atoms with Crippen molar-refractivity contribution < 1.29 is 14.3 Å². The molecule has 66 valence electrons. The summed E-state index contributed by atoms with van der Waals surface area (Å²) in [4.78, 5) is 10.5. The van der Waals surface area contributed by atoms with Gasteiger partial charge in [0.1, 0.15) is 5.54 Å². The number of carboxylic acid groups (broad SMARTS) is 1. The predicted molar refractivity (Wildman–Crippen MR) is 40.1 cm³/mol. The van der Waals surface area contributed by atoms with Crippen molar-refractivity contribution in [2.75, 3.05) is 6.67 Å². The van der Waals surface area contributed by atoms with Crippen molar-refractivity contribution in [1.82, 2.24) is 0 Å². The summed E-state index contributed by atoms with van der Waals surface area (Å²) in [6.45, 7) is 1.18. The Morgan fingerprint density at radius 2 is 2.27 bits per heavy atom. The molecule has 0 bridgehead atoms. The molecular formula is C7H14FNO2. The first-order valence-electron chi connectivity index (χ1n) is 3.65. The monoisotopic (exact) mass is 163 g/mol. The van der Waals surface area contributed by atoms with Crippen molar-refractivity contribution in [3.8, 4) is 0 Å². The molecule has 0 spiro atoms. The zero-order chi connectivity index (χ0) is 8.91. The summed E-state index contributed by atoms with van der Waals surface area (Å²) in [5.74, 6) is -1.05. The molecule has 0 amide bonds. The minimum atomic E-state index is -1.23. The van der Waals surface area contributed by atoms with Crippen molar-refractivity contribution in [2.24, 2.45) is 5.73 Å². The van der Waals surface area contributed by atoms with Gasteiger partial charge in [0.2, 0.25) is 0 Å². The molecule has 11 heavy (non-hydrogen) atoms. The number of halogens is 1. The van der Waals surface area contributed by atoms with Crippen molar-refractivity contribution in [3.63, 3.8) is 0 Å². The number of aliphatic carboxylic acids is 1. The molecule has 0 aliphatic carbocycles. The number of alkyl halides is 1. The smallest absolute Gasteiger partial charge is 0.323 e. The molecule has 3 nitrogen and oxygen atoms in total. The van der Waals surface area contributed by atoms with Gasteiger partial charge in [0, 0.05) is 0 Å². The Hall–Kier alpha value is -0.640. The summed E-state index contributed by atoms with van der Waals surface area (Å²) in [6.07, 6.45) is 0.758. The highest BCUT2D eigenvalue weighted by atomic mass is 19.1. The largest absolute Gasteiger partial charge is 0.480 e. The van der Waals surface area contributed by atoms with Gasteiger partial charge in [-0.3, -0.25) is 9.18 Å². The first kappa shape index (κ1) is 10.4. The molecule has 0 saturated heterocycles. The highest BCUT2D eigenvalue weighted by Gasteiger charge is 2.30. The van der Waals surface area contributed by atoms with E-state index in [1.54, 1.807) is 6.92 Å². The summed E-state index contributed by atoms with van der Waals surface area (Å²) >= 11 is 0. The second-order valence-electron chi connectivity index (χ2n) is 2.61. The molecular weight excluding hydrogens is 149 g/mol. The van der Waals surface area contributed by atoms with E-state index in [1.165, 1.54) is 0 Å². The lowest BCUT2D eigenvalue weighted by molar-refractivity contribution is -0.143. The maximum absolute atomic E-state index is 11.7. The summed E-state index contributed by atoms with van der Waals surface area (Å²) < 4.78 is 11.7. The van der Waals surface area contributed by atoms with Gasteiger partial charge in [-0.05, 0) is 19.3 Å². The third-order valence-electron chi connectivity index (χ3n) is 1.81. The minimum absolute atomic E-state index is 0.204. The number of carbonyl (C=O) groups is 1. The minimum Gasteiger partial charge on any atom is -0.480 e. The van der Waals surface area contributed by atoms with E-state index >= 15 is 0 Å². The average Bonchev–Trinajstić information content (AvgIpc) is 2.00. The van der Waals surface area contributed by atoms with Crippen LogP contribution in [0, 0.1) is 0 Å². The summed E-state index contributed by atoms with van der Waals surface area (Å²) in [5.41, 5.74) is 4.23. The predicted octanol–water partition coefficient (Wildman–Crippen LogP) is 0.928. The number of carboxylic acids is 1. The molecule has 0 rings (SSSR count). The maximum atomic E-state index is 11.7. The van der Waals surface area contributed by atoms with Crippen molar-refractivity contribution >= 4 is 5.97 Å². The highest BCUT2D eigenvalue weighted by Crippen LogP contribution is 2.14. The van der Waals surface area contributed by atoms with Gasteiger partial charge in [-0.25, -0.2) is 0 Å². The Morgan fingerprint density at radius 3 is 2.55 bits per heavy atom. The van der Waals surface area contributed by atoms with Gasteiger partial charge in [-0.1, -0.05) is 6.92 Å². The van der Waals surface area contributed by atoms with E-state index in [4.69, 9.17) is 10.8 Å². The fraction of sp³-hybridized carbons (Fsp3) is 0.857. The lowest BCUT2D eigenvalue weighted by Crippen LogP contribution is -2.47. The number of nitrogens with two attached hydrogens (primary N) is 1. The fourth-order valence-corrected chi connectivity index (χ4v) is 0.817. The quantitative estimate of drug-likeness (QED) is 0.633. The molecule has 0 heterocycles. The number of rotatable bonds is 5. The van der Waals surface area contributed by atoms with Gasteiger partial charge in [-0.2, -0.15) is 0 Å². The van der Waals surface area contributed by atoms with Crippen molar-refractivity contribution in [3.05, 3.63) is 0 Å². The van der Waals surface area contributed by atoms with Crippen LogP contribution in [-0.2, 0) is 4.79 Å². The molecule has 0 radical (unpaired) electrons.